The maximum absolute atomic E-state index is 5.12. The van der Waals surface area contributed by atoms with E-state index in [0.717, 1.165) is 57.7 Å². The van der Waals surface area contributed by atoms with Crippen LogP contribution >= 0.6 is 0 Å². The van der Waals surface area contributed by atoms with Crippen LogP contribution in [-0.4, -0.2) is 104 Å². The zero-order chi connectivity index (χ0) is 22.3. The smallest absolute Gasteiger partial charge is 0.193 e. The first-order valence-electron chi connectivity index (χ1n) is 12.9. The molecule has 0 bridgehead atoms. The number of piperazine rings is 1. The second-order valence-corrected chi connectivity index (χ2v) is 10.0. The molecule has 178 valence electrons. The number of piperidine rings is 2. The van der Waals surface area contributed by atoms with Crippen LogP contribution in [0.25, 0.3) is 0 Å². The first kappa shape index (κ1) is 23.5. The van der Waals surface area contributed by atoms with Gasteiger partial charge in [-0.25, -0.2) is 0 Å². The Labute approximate surface area is 195 Å². The van der Waals surface area contributed by atoms with Crippen molar-refractivity contribution in [3.05, 3.63) is 35.9 Å². The predicted molar refractivity (Wildman–Crippen MR) is 134 cm³/mol. The highest BCUT2D eigenvalue weighted by Crippen LogP contribution is 2.31. The van der Waals surface area contributed by atoms with Gasteiger partial charge in [-0.3, -0.25) is 14.8 Å². The van der Waals surface area contributed by atoms with Gasteiger partial charge in [0.05, 0.1) is 6.54 Å². The Kier molecular flexibility index (Phi) is 8.44. The third kappa shape index (κ3) is 6.03. The van der Waals surface area contributed by atoms with Gasteiger partial charge in [0.2, 0.25) is 0 Å². The van der Waals surface area contributed by atoms with E-state index < -0.39 is 0 Å². The third-order valence-corrected chi connectivity index (χ3v) is 7.71. The maximum atomic E-state index is 5.12. The molecule has 1 aromatic rings. The number of aliphatic imine (C=N–C) groups is 1. The summed E-state index contributed by atoms with van der Waals surface area (Å²) in [5, 5.41) is 3.60. The molecule has 3 fully saturated rings. The van der Waals surface area contributed by atoms with Gasteiger partial charge in [-0.1, -0.05) is 30.3 Å². The Balaban J connectivity index is 1.35. The van der Waals surface area contributed by atoms with Crippen molar-refractivity contribution < 1.29 is 0 Å². The fourth-order valence-corrected chi connectivity index (χ4v) is 5.74. The molecular weight excluding hydrogens is 396 g/mol. The highest BCUT2D eigenvalue weighted by molar-refractivity contribution is 5.80. The molecule has 0 aromatic heterocycles. The number of guanidine groups is 1. The van der Waals surface area contributed by atoms with Crippen molar-refractivity contribution in [2.24, 2.45) is 10.9 Å². The van der Waals surface area contributed by atoms with Crippen LogP contribution in [0.2, 0.25) is 0 Å². The Morgan fingerprint density at radius 3 is 2.59 bits per heavy atom. The normalized spacial score (nSPS) is 27.2. The van der Waals surface area contributed by atoms with Gasteiger partial charge in [0.1, 0.15) is 0 Å². The monoisotopic (exact) mass is 440 g/mol. The topological polar surface area (TPSA) is 37.4 Å². The summed E-state index contributed by atoms with van der Waals surface area (Å²) in [5.41, 5.74) is 1.45. The van der Waals surface area contributed by atoms with Gasteiger partial charge in [-0.15, -0.1) is 0 Å². The molecule has 0 radical (unpaired) electrons. The van der Waals surface area contributed by atoms with Crippen molar-refractivity contribution in [1.82, 2.24) is 24.9 Å². The molecule has 3 aliphatic rings. The third-order valence-electron chi connectivity index (χ3n) is 7.71. The van der Waals surface area contributed by atoms with E-state index >= 15 is 0 Å². The summed E-state index contributed by atoms with van der Waals surface area (Å²) in [6.07, 6.45) is 3.91. The Morgan fingerprint density at radius 1 is 1.06 bits per heavy atom. The summed E-state index contributed by atoms with van der Waals surface area (Å²) in [6, 6.07) is 12.2. The van der Waals surface area contributed by atoms with Crippen molar-refractivity contribution >= 4 is 5.96 Å². The average molecular weight is 441 g/mol. The number of likely N-dealkylation sites (N-methyl/N-ethyl adjacent to an activating group) is 1. The summed E-state index contributed by atoms with van der Waals surface area (Å²) in [5.74, 6) is 1.88. The SMILES string of the molecule is CCNC(=NCC(C)N1CCN(C)CC1)N1CCC2C(CCCN2Cc2ccccc2)C1. The molecule has 3 heterocycles. The molecule has 0 aliphatic carbocycles. The minimum absolute atomic E-state index is 0.505. The van der Waals surface area contributed by atoms with Crippen molar-refractivity contribution in [2.75, 3.05) is 66.0 Å². The van der Waals surface area contributed by atoms with Crippen molar-refractivity contribution in [3.8, 4) is 0 Å². The molecule has 3 saturated heterocycles. The van der Waals surface area contributed by atoms with Crippen LogP contribution < -0.4 is 5.32 Å². The number of likely N-dealkylation sites (tertiary alicyclic amines) is 2. The molecule has 3 unspecified atom stereocenters. The molecule has 3 aliphatic heterocycles. The molecule has 4 rings (SSSR count). The zero-order valence-electron chi connectivity index (χ0n) is 20.5. The lowest BCUT2D eigenvalue weighted by Crippen LogP contribution is -2.57. The van der Waals surface area contributed by atoms with Gasteiger partial charge in [0, 0.05) is 64.4 Å². The van der Waals surface area contributed by atoms with E-state index in [-0.39, 0.29) is 0 Å². The largest absolute Gasteiger partial charge is 0.357 e. The number of fused-ring (bicyclic) bond motifs is 1. The first-order valence-corrected chi connectivity index (χ1v) is 12.9. The van der Waals surface area contributed by atoms with Crippen LogP contribution in [0.1, 0.15) is 38.7 Å². The van der Waals surface area contributed by atoms with E-state index in [0.29, 0.717) is 12.1 Å². The lowest BCUT2D eigenvalue weighted by molar-refractivity contribution is 0.0371. The van der Waals surface area contributed by atoms with Gasteiger partial charge in [-0.2, -0.15) is 0 Å². The summed E-state index contributed by atoms with van der Waals surface area (Å²) in [7, 11) is 2.22. The zero-order valence-corrected chi connectivity index (χ0v) is 20.5. The van der Waals surface area contributed by atoms with E-state index in [9.17, 15) is 0 Å². The van der Waals surface area contributed by atoms with Gasteiger partial charge >= 0.3 is 0 Å². The van der Waals surface area contributed by atoms with Crippen LogP contribution in [0.15, 0.2) is 35.3 Å². The average Bonchev–Trinajstić information content (AvgIpc) is 2.82. The molecule has 1 aromatic carbocycles. The number of benzene rings is 1. The summed E-state index contributed by atoms with van der Waals surface area (Å²) < 4.78 is 0. The molecule has 0 saturated carbocycles. The molecule has 0 amide bonds. The molecule has 1 N–H and O–H groups in total. The van der Waals surface area contributed by atoms with Crippen molar-refractivity contribution in [2.45, 2.75) is 51.7 Å². The van der Waals surface area contributed by atoms with E-state index in [2.05, 4.69) is 76.1 Å². The predicted octanol–water partition coefficient (Wildman–Crippen LogP) is 2.57. The molecule has 3 atom stereocenters. The van der Waals surface area contributed by atoms with Gasteiger partial charge in [-0.05, 0) is 58.2 Å². The van der Waals surface area contributed by atoms with Crippen LogP contribution in [0.3, 0.4) is 0 Å². The van der Waals surface area contributed by atoms with E-state index in [1.807, 2.05) is 0 Å². The van der Waals surface area contributed by atoms with E-state index in [1.54, 1.807) is 0 Å². The highest BCUT2D eigenvalue weighted by atomic mass is 15.3. The molecule has 0 spiro atoms. The van der Waals surface area contributed by atoms with Gasteiger partial charge < -0.3 is 15.1 Å². The second kappa shape index (κ2) is 11.5. The summed E-state index contributed by atoms with van der Waals surface area (Å²) in [6.45, 7) is 15.6. The molecule has 6 nitrogen and oxygen atoms in total. The molecular formula is C26H44N6. The number of hydrogen-bond donors (Lipinski definition) is 1. The minimum atomic E-state index is 0.505. The number of nitrogens with one attached hydrogen (secondary N) is 1. The maximum Gasteiger partial charge on any atom is 0.193 e. The van der Waals surface area contributed by atoms with Crippen LogP contribution in [0, 0.1) is 5.92 Å². The lowest BCUT2D eigenvalue weighted by Gasteiger charge is -2.48. The summed E-state index contributed by atoms with van der Waals surface area (Å²) in [4.78, 5) is 15.4. The van der Waals surface area contributed by atoms with Crippen LogP contribution in [0.4, 0.5) is 0 Å². The lowest BCUT2D eigenvalue weighted by atomic mass is 9.83. The summed E-state index contributed by atoms with van der Waals surface area (Å²) >= 11 is 0. The number of nitrogens with zero attached hydrogens (tertiary/aromatic N) is 5. The fourth-order valence-electron chi connectivity index (χ4n) is 5.74. The van der Waals surface area contributed by atoms with E-state index in [4.69, 9.17) is 4.99 Å². The first-order chi connectivity index (χ1) is 15.6. The minimum Gasteiger partial charge on any atom is -0.357 e. The van der Waals surface area contributed by atoms with Crippen molar-refractivity contribution in [3.63, 3.8) is 0 Å². The molecule has 32 heavy (non-hydrogen) atoms. The van der Waals surface area contributed by atoms with Crippen LogP contribution in [0.5, 0.6) is 0 Å². The molecule has 6 heteroatoms. The fraction of sp³-hybridized carbons (Fsp3) is 0.731. The second-order valence-electron chi connectivity index (χ2n) is 10.0. The van der Waals surface area contributed by atoms with E-state index in [1.165, 1.54) is 44.5 Å². The Morgan fingerprint density at radius 2 is 1.84 bits per heavy atom. The Hall–Kier alpha value is -1.63. The number of hydrogen-bond acceptors (Lipinski definition) is 4. The van der Waals surface area contributed by atoms with Gasteiger partial charge in [0.25, 0.3) is 0 Å². The van der Waals surface area contributed by atoms with Crippen LogP contribution in [-0.2, 0) is 6.54 Å². The standard InChI is InChI=1S/C26H44N6/c1-4-27-26(28-19-22(2)30-17-15-29(3)16-18-30)32-14-12-25-24(21-32)11-8-13-31(25)20-23-9-6-5-7-10-23/h5-7,9-10,22,24-25H,4,8,11-21H2,1-3H3,(H,27,28). The van der Waals surface area contributed by atoms with Gasteiger partial charge in [0.15, 0.2) is 5.96 Å². The highest BCUT2D eigenvalue weighted by Gasteiger charge is 2.36. The quantitative estimate of drug-likeness (QED) is 0.544. The Bertz CT molecular complexity index is 714. The number of rotatable bonds is 6. The van der Waals surface area contributed by atoms with Crippen molar-refractivity contribution in [1.29, 1.82) is 0 Å².